The molecule has 0 unspecified atom stereocenters. The molecule has 1 heterocycles. The van der Waals surface area contributed by atoms with Crippen molar-refractivity contribution in [3.05, 3.63) is 30.1 Å². The van der Waals surface area contributed by atoms with E-state index in [-0.39, 0.29) is 29.8 Å². The van der Waals surface area contributed by atoms with Gasteiger partial charge in [0.05, 0.1) is 18.9 Å². The number of para-hydroxylation sites is 1. The van der Waals surface area contributed by atoms with Crippen molar-refractivity contribution in [1.82, 2.24) is 4.90 Å². The molecule has 1 aliphatic rings. The number of aliphatic imine (C=N–C) groups is 1. The molecule has 1 aromatic rings. The predicted molar refractivity (Wildman–Crippen MR) is 98.6 cm³/mol. The van der Waals surface area contributed by atoms with Gasteiger partial charge in [0, 0.05) is 33.2 Å². The van der Waals surface area contributed by atoms with Gasteiger partial charge in [-0.3, -0.25) is 4.99 Å². The summed E-state index contributed by atoms with van der Waals surface area (Å²) in [6.45, 7) is 4.37. The van der Waals surface area contributed by atoms with Crippen molar-refractivity contribution in [2.75, 3.05) is 51.3 Å². The van der Waals surface area contributed by atoms with Crippen molar-refractivity contribution in [2.45, 2.75) is 6.42 Å². The lowest BCUT2D eigenvalue weighted by atomic mass is 10.2. The first-order valence-corrected chi connectivity index (χ1v) is 7.27. The number of halogens is 2. The highest BCUT2D eigenvalue weighted by atomic mass is 127. The second kappa shape index (κ2) is 9.83. The zero-order valence-electron chi connectivity index (χ0n) is 12.9. The zero-order valence-corrected chi connectivity index (χ0v) is 15.2. The van der Waals surface area contributed by atoms with Crippen molar-refractivity contribution in [2.24, 2.45) is 10.7 Å². The molecule has 0 aromatic heterocycles. The van der Waals surface area contributed by atoms with Crippen LogP contribution in [0.3, 0.4) is 0 Å². The summed E-state index contributed by atoms with van der Waals surface area (Å²) < 4.78 is 18.9. The maximum Gasteiger partial charge on any atom is 0.191 e. The van der Waals surface area contributed by atoms with Gasteiger partial charge in [0.15, 0.2) is 5.96 Å². The van der Waals surface area contributed by atoms with Gasteiger partial charge < -0.3 is 20.3 Å². The van der Waals surface area contributed by atoms with Crippen LogP contribution in [-0.2, 0) is 4.74 Å². The highest BCUT2D eigenvalue weighted by molar-refractivity contribution is 14.0. The highest BCUT2D eigenvalue weighted by Gasteiger charge is 2.11. The number of hydrogen-bond acceptors (Lipinski definition) is 3. The van der Waals surface area contributed by atoms with Crippen molar-refractivity contribution in [3.63, 3.8) is 0 Å². The Hall–Kier alpha value is -1.09. The fourth-order valence-electron chi connectivity index (χ4n) is 2.28. The van der Waals surface area contributed by atoms with Crippen molar-refractivity contribution in [3.8, 4) is 0 Å². The SMILES string of the molecule is CN(CCCN=C(N)N1CCOCC1)c1ccccc1F.I. The van der Waals surface area contributed by atoms with Crippen molar-refractivity contribution < 1.29 is 9.13 Å². The molecule has 0 radical (unpaired) electrons. The third-order valence-corrected chi connectivity index (χ3v) is 3.52. The Bertz CT molecular complexity index is 480. The van der Waals surface area contributed by atoms with Gasteiger partial charge in [0.2, 0.25) is 0 Å². The molecule has 1 aliphatic heterocycles. The number of morpholine rings is 1. The number of guanidine groups is 1. The summed E-state index contributed by atoms with van der Waals surface area (Å²) in [5, 5.41) is 0. The lowest BCUT2D eigenvalue weighted by molar-refractivity contribution is 0.0674. The monoisotopic (exact) mass is 422 g/mol. The normalized spacial score (nSPS) is 15.4. The Balaban J connectivity index is 0.00000242. The maximum absolute atomic E-state index is 13.6. The Morgan fingerprint density at radius 1 is 1.36 bits per heavy atom. The summed E-state index contributed by atoms with van der Waals surface area (Å²) in [4.78, 5) is 8.31. The molecular weight excluding hydrogens is 398 g/mol. The molecule has 124 valence electrons. The van der Waals surface area contributed by atoms with E-state index in [1.54, 1.807) is 12.1 Å². The number of nitrogens with two attached hydrogens (primary N) is 1. The Kier molecular flexibility index (Phi) is 8.47. The molecule has 2 N–H and O–H groups in total. The minimum atomic E-state index is -0.198. The van der Waals surface area contributed by atoms with E-state index in [1.165, 1.54) is 6.07 Å². The van der Waals surface area contributed by atoms with E-state index >= 15 is 0 Å². The van der Waals surface area contributed by atoms with Crippen LogP contribution < -0.4 is 10.6 Å². The quantitative estimate of drug-likeness (QED) is 0.341. The number of hydrogen-bond donors (Lipinski definition) is 1. The molecule has 22 heavy (non-hydrogen) atoms. The summed E-state index contributed by atoms with van der Waals surface area (Å²) in [5.41, 5.74) is 6.56. The van der Waals surface area contributed by atoms with E-state index in [4.69, 9.17) is 10.5 Å². The molecule has 0 aliphatic carbocycles. The van der Waals surface area contributed by atoms with Gasteiger partial charge in [-0.2, -0.15) is 0 Å². The molecule has 2 rings (SSSR count). The fraction of sp³-hybridized carbons (Fsp3) is 0.533. The third kappa shape index (κ3) is 5.60. The van der Waals surface area contributed by atoms with E-state index in [2.05, 4.69) is 4.99 Å². The Morgan fingerprint density at radius 2 is 2.05 bits per heavy atom. The van der Waals surface area contributed by atoms with E-state index in [1.807, 2.05) is 22.9 Å². The molecule has 0 spiro atoms. The molecule has 0 bridgehead atoms. The standard InChI is InChI=1S/C15H23FN4O.HI/c1-19(14-6-3-2-5-13(14)16)8-4-7-18-15(17)20-9-11-21-12-10-20;/h2-3,5-6H,4,7-12H2,1H3,(H2,17,18);1H. The van der Waals surface area contributed by atoms with Gasteiger partial charge in [0.25, 0.3) is 0 Å². The van der Waals surface area contributed by atoms with Crippen LogP contribution in [0, 0.1) is 5.82 Å². The highest BCUT2D eigenvalue weighted by Crippen LogP contribution is 2.16. The van der Waals surface area contributed by atoms with Crippen LogP contribution in [0.2, 0.25) is 0 Å². The van der Waals surface area contributed by atoms with Crippen LogP contribution >= 0.6 is 24.0 Å². The topological polar surface area (TPSA) is 54.1 Å². The number of anilines is 1. The van der Waals surface area contributed by atoms with Crippen LogP contribution in [0.15, 0.2) is 29.3 Å². The number of benzene rings is 1. The van der Waals surface area contributed by atoms with Gasteiger partial charge >= 0.3 is 0 Å². The summed E-state index contributed by atoms with van der Waals surface area (Å²) in [6.07, 6.45) is 0.829. The average Bonchev–Trinajstić information content (AvgIpc) is 2.52. The molecular formula is C15H24FIN4O. The largest absolute Gasteiger partial charge is 0.378 e. The summed E-state index contributed by atoms with van der Waals surface area (Å²) in [5.74, 6) is 0.378. The van der Waals surface area contributed by atoms with Crippen LogP contribution in [0.4, 0.5) is 10.1 Å². The first-order chi connectivity index (χ1) is 10.2. The van der Waals surface area contributed by atoms with Gasteiger partial charge in [-0.15, -0.1) is 24.0 Å². The third-order valence-electron chi connectivity index (χ3n) is 3.52. The second-order valence-electron chi connectivity index (χ2n) is 5.07. The maximum atomic E-state index is 13.6. The molecule has 0 saturated carbocycles. The van der Waals surface area contributed by atoms with E-state index < -0.39 is 0 Å². The summed E-state index contributed by atoms with van der Waals surface area (Å²) in [7, 11) is 1.88. The molecule has 7 heteroatoms. The molecule has 5 nitrogen and oxygen atoms in total. The minimum Gasteiger partial charge on any atom is -0.378 e. The van der Waals surface area contributed by atoms with Gasteiger partial charge in [-0.25, -0.2) is 4.39 Å². The first kappa shape index (κ1) is 19.0. The minimum absolute atomic E-state index is 0. The molecule has 0 amide bonds. The lowest BCUT2D eigenvalue weighted by Crippen LogP contribution is -2.44. The number of ether oxygens (including phenoxy) is 1. The molecule has 1 saturated heterocycles. The fourth-order valence-corrected chi connectivity index (χ4v) is 2.28. The lowest BCUT2D eigenvalue weighted by Gasteiger charge is -2.27. The van der Waals surface area contributed by atoms with Crippen molar-refractivity contribution in [1.29, 1.82) is 0 Å². The zero-order chi connectivity index (χ0) is 15.1. The van der Waals surface area contributed by atoms with Gasteiger partial charge in [-0.1, -0.05) is 12.1 Å². The number of rotatable bonds is 5. The van der Waals surface area contributed by atoms with Gasteiger partial charge in [0.1, 0.15) is 5.82 Å². The Morgan fingerprint density at radius 3 is 2.73 bits per heavy atom. The molecule has 1 aromatic carbocycles. The van der Waals surface area contributed by atoms with E-state index in [0.29, 0.717) is 31.4 Å². The van der Waals surface area contributed by atoms with Crippen LogP contribution in [0.1, 0.15) is 6.42 Å². The van der Waals surface area contributed by atoms with Gasteiger partial charge in [-0.05, 0) is 18.6 Å². The Labute approximate surface area is 148 Å². The second-order valence-corrected chi connectivity index (χ2v) is 5.07. The van der Waals surface area contributed by atoms with E-state index in [0.717, 1.165) is 26.1 Å². The number of nitrogens with zero attached hydrogens (tertiary/aromatic N) is 3. The van der Waals surface area contributed by atoms with Crippen LogP contribution in [0.25, 0.3) is 0 Å². The summed E-state index contributed by atoms with van der Waals surface area (Å²) in [6, 6.07) is 6.78. The summed E-state index contributed by atoms with van der Waals surface area (Å²) >= 11 is 0. The van der Waals surface area contributed by atoms with Crippen LogP contribution in [-0.4, -0.2) is 57.3 Å². The van der Waals surface area contributed by atoms with Crippen molar-refractivity contribution >= 4 is 35.6 Å². The molecule has 0 atom stereocenters. The predicted octanol–water partition coefficient (Wildman–Crippen LogP) is 1.92. The van der Waals surface area contributed by atoms with E-state index in [9.17, 15) is 4.39 Å². The average molecular weight is 422 g/mol. The smallest absolute Gasteiger partial charge is 0.191 e. The first-order valence-electron chi connectivity index (χ1n) is 7.27. The van der Waals surface area contributed by atoms with Crippen LogP contribution in [0.5, 0.6) is 0 Å². The molecule has 1 fully saturated rings.